The Labute approximate surface area is 166 Å². The molecule has 0 fully saturated rings. The van der Waals surface area contributed by atoms with Crippen molar-refractivity contribution in [3.8, 4) is 5.75 Å². The van der Waals surface area contributed by atoms with Crippen LogP contribution in [-0.4, -0.2) is 34.4 Å². The smallest absolute Gasteiger partial charge is 0.341 e. The molecule has 152 valence electrons. The first-order valence-electron chi connectivity index (χ1n) is 9.12. The van der Waals surface area contributed by atoms with Gasteiger partial charge in [-0.15, -0.1) is 0 Å². The molecule has 0 aliphatic heterocycles. The highest BCUT2D eigenvalue weighted by atomic mass is 16.5. The number of ketones is 1. The van der Waals surface area contributed by atoms with Crippen LogP contribution in [0, 0.1) is 12.3 Å². The van der Waals surface area contributed by atoms with Gasteiger partial charge in [0.25, 0.3) is 11.5 Å². The second-order valence-corrected chi connectivity index (χ2v) is 7.96. The Hall–Kier alpha value is -3.42. The summed E-state index contributed by atoms with van der Waals surface area (Å²) >= 11 is 0. The van der Waals surface area contributed by atoms with Gasteiger partial charge in [-0.3, -0.25) is 14.4 Å². The minimum absolute atomic E-state index is 0.0994. The molecule has 1 amide bonds. The molecule has 0 unspecified atom stereocenters. The van der Waals surface area contributed by atoms with Crippen molar-refractivity contribution < 1.29 is 24.2 Å². The van der Waals surface area contributed by atoms with Crippen LogP contribution in [0.4, 0.5) is 5.69 Å². The van der Waals surface area contributed by atoms with E-state index in [9.17, 15) is 19.2 Å². The second kappa shape index (κ2) is 7.54. The number of hydrogen-bond donors (Lipinski definition) is 3. The zero-order valence-corrected chi connectivity index (χ0v) is 16.4. The summed E-state index contributed by atoms with van der Waals surface area (Å²) in [5.74, 6) is -1.47. The van der Waals surface area contributed by atoms with Gasteiger partial charge in [-0.1, -0.05) is 13.8 Å². The summed E-state index contributed by atoms with van der Waals surface area (Å²) in [4.78, 5) is 50.8. The number of aromatic nitrogens is 1. The molecule has 0 saturated carbocycles. The summed E-state index contributed by atoms with van der Waals surface area (Å²) in [7, 11) is 0. The monoisotopic (exact) mass is 398 g/mol. The molecule has 1 aliphatic rings. The molecule has 8 nitrogen and oxygen atoms in total. The van der Waals surface area contributed by atoms with Gasteiger partial charge in [-0.25, -0.2) is 4.79 Å². The number of aliphatic carboxylic acids is 1. The molecule has 1 aromatic heterocycles. The lowest BCUT2D eigenvalue weighted by Gasteiger charge is -2.29. The highest BCUT2D eigenvalue weighted by Crippen LogP contribution is 2.33. The molecule has 3 N–H and O–H groups in total. The Kier molecular flexibility index (Phi) is 5.28. The third-order valence-corrected chi connectivity index (χ3v) is 4.77. The Balaban J connectivity index is 1.83. The maximum absolute atomic E-state index is 12.7. The first-order chi connectivity index (χ1) is 13.6. The lowest BCUT2D eigenvalue weighted by atomic mass is 9.75. The van der Waals surface area contributed by atoms with E-state index in [0.29, 0.717) is 41.1 Å². The van der Waals surface area contributed by atoms with Crippen LogP contribution in [0.3, 0.4) is 0 Å². The zero-order chi connectivity index (χ0) is 21.3. The SMILES string of the molecule is Cc1cc(OCC(=O)O)ccc1NC(=O)c1cc2c([nH]c1=O)CC(C)(C)CC2=O. The average Bonchev–Trinajstić information content (AvgIpc) is 2.60. The third kappa shape index (κ3) is 4.53. The van der Waals surface area contributed by atoms with Gasteiger partial charge in [0.05, 0.1) is 0 Å². The number of carbonyl (C=O) groups excluding carboxylic acids is 2. The molecule has 1 aliphatic carbocycles. The number of ether oxygens (including phenoxy) is 1. The topological polar surface area (TPSA) is 126 Å². The minimum Gasteiger partial charge on any atom is -0.482 e. The molecular weight excluding hydrogens is 376 g/mol. The molecule has 0 bridgehead atoms. The molecule has 0 atom stereocenters. The van der Waals surface area contributed by atoms with Crippen molar-refractivity contribution in [3.63, 3.8) is 0 Å². The molecule has 3 rings (SSSR count). The molecule has 0 radical (unpaired) electrons. The number of aryl methyl sites for hydroxylation is 1. The van der Waals surface area contributed by atoms with Crippen molar-refractivity contribution in [2.45, 2.75) is 33.6 Å². The van der Waals surface area contributed by atoms with Crippen LogP contribution in [0.5, 0.6) is 5.75 Å². The summed E-state index contributed by atoms with van der Waals surface area (Å²) in [5, 5.41) is 11.3. The van der Waals surface area contributed by atoms with Crippen LogP contribution in [-0.2, 0) is 11.2 Å². The molecule has 1 heterocycles. The van der Waals surface area contributed by atoms with E-state index < -0.39 is 24.0 Å². The van der Waals surface area contributed by atoms with Gasteiger partial charge < -0.3 is 20.1 Å². The van der Waals surface area contributed by atoms with Gasteiger partial charge in [-0.2, -0.15) is 0 Å². The fraction of sp³-hybridized carbons (Fsp3) is 0.333. The number of H-pyrrole nitrogens is 1. The predicted octanol–water partition coefficient (Wildman–Crippen LogP) is 2.55. The Bertz CT molecular complexity index is 1070. The van der Waals surface area contributed by atoms with Crippen molar-refractivity contribution in [2.24, 2.45) is 5.41 Å². The van der Waals surface area contributed by atoms with Crippen LogP contribution < -0.4 is 15.6 Å². The predicted molar refractivity (Wildman–Crippen MR) is 106 cm³/mol. The van der Waals surface area contributed by atoms with Crippen molar-refractivity contribution >= 4 is 23.3 Å². The fourth-order valence-electron chi connectivity index (χ4n) is 3.40. The first-order valence-corrected chi connectivity index (χ1v) is 9.12. The van der Waals surface area contributed by atoms with Crippen molar-refractivity contribution in [1.82, 2.24) is 4.98 Å². The van der Waals surface area contributed by atoms with Crippen LogP contribution in [0.1, 0.15) is 52.2 Å². The lowest BCUT2D eigenvalue weighted by Crippen LogP contribution is -2.32. The number of pyridine rings is 1. The highest BCUT2D eigenvalue weighted by Gasteiger charge is 2.32. The molecule has 29 heavy (non-hydrogen) atoms. The number of carboxylic acid groups (broad SMARTS) is 1. The van der Waals surface area contributed by atoms with E-state index in [0.717, 1.165) is 0 Å². The van der Waals surface area contributed by atoms with Gasteiger partial charge in [0.1, 0.15) is 11.3 Å². The Morgan fingerprint density at radius 2 is 1.93 bits per heavy atom. The van der Waals surface area contributed by atoms with E-state index in [1.165, 1.54) is 12.1 Å². The summed E-state index contributed by atoms with van der Waals surface area (Å²) in [5.41, 5.74) is 1.09. The van der Waals surface area contributed by atoms with Gasteiger partial charge in [0.15, 0.2) is 12.4 Å². The lowest BCUT2D eigenvalue weighted by molar-refractivity contribution is -0.139. The number of Topliss-reactive ketones (excluding diaryl/α,β-unsaturated/α-hetero) is 1. The van der Waals surface area contributed by atoms with E-state index in [4.69, 9.17) is 9.84 Å². The summed E-state index contributed by atoms with van der Waals surface area (Å²) < 4.78 is 5.10. The molecule has 0 saturated heterocycles. The molecular formula is C21H22N2O6. The van der Waals surface area contributed by atoms with Gasteiger partial charge in [0, 0.05) is 23.4 Å². The van der Waals surface area contributed by atoms with E-state index in [1.807, 2.05) is 13.8 Å². The first kappa shape index (κ1) is 20.3. The van der Waals surface area contributed by atoms with E-state index >= 15 is 0 Å². The largest absolute Gasteiger partial charge is 0.482 e. The van der Waals surface area contributed by atoms with E-state index in [2.05, 4.69) is 10.3 Å². The number of benzene rings is 1. The van der Waals surface area contributed by atoms with Crippen molar-refractivity contribution in [1.29, 1.82) is 0 Å². The number of amides is 1. The molecule has 2 aromatic rings. The van der Waals surface area contributed by atoms with Gasteiger partial charge in [0.2, 0.25) is 0 Å². The molecule has 8 heteroatoms. The number of nitrogens with one attached hydrogen (secondary N) is 2. The van der Waals surface area contributed by atoms with Crippen LogP contribution >= 0.6 is 0 Å². The molecule has 0 spiro atoms. The van der Waals surface area contributed by atoms with Crippen LogP contribution in [0.15, 0.2) is 29.1 Å². The number of rotatable bonds is 5. The number of carbonyl (C=O) groups is 3. The van der Waals surface area contributed by atoms with E-state index in [1.54, 1.807) is 19.1 Å². The Morgan fingerprint density at radius 3 is 2.59 bits per heavy atom. The summed E-state index contributed by atoms with van der Waals surface area (Å²) in [6.45, 7) is 5.16. The standard InChI is InChI=1S/C21H22N2O6/c1-11-6-12(29-10-18(25)26)4-5-15(11)22-19(27)14-7-13-16(23-20(14)28)8-21(2,3)9-17(13)24/h4-7H,8-10H2,1-3H3,(H,22,27)(H,23,28)(H,25,26). The summed E-state index contributed by atoms with van der Waals surface area (Å²) in [6.07, 6.45) is 0.909. The average molecular weight is 398 g/mol. The summed E-state index contributed by atoms with van der Waals surface area (Å²) in [6, 6.07) is 6.03. The number of hydrogen-bond acceptors (Lipinski definition) is 5. The van der Waals surface area contributed by atoms with E-state index in [-0.39, 0.29) is 16.8 Å². The van der Waals surface area contributed by atoms with Gasteiger partial charge >= 0.3 is 5.97 Å². The van der Waals surface area contributed by atoms with Crippen LogP contribution in [0.2, 0.25) is 0 Å². The van der Waals surface area contributed by atoms with Crippen molar-refractivity contribution in [3.05, 3.63) is 57.0 Å². The number of aromatic amines is 1. The second-order valence-electron chi connectivity index (χ2n) is 7.96. The number of carboxylic acids is 1. The zero-order valence-electron chi connectivity index (χ0n) is 16.4. The third-order valence-electron chi connectivity index (χ3n) is 4.77. The maximum Gasteiger partial charge on any atom is 0.341 e. The number of fused-ring (bicyclic) bond motifs is 1. The highest BCUT2D eigenvalue weighted by molar-refractivity contribution is 6.07. The van der Waals surface area contributed by atoms with Crippen LogP contribution in [0.25, 0.3) is 0 Å². The van der Waals surface area contributed by atoms with Crippen molar-refractivity contribution in [2.75, 3.05) is 11.9 Å². The normalized spacial score (nSPS) is 14.8. The quantitative estimate of drug-likeness (QED) is 0.711. The number of anilines is 1. The molecule has 1 aromatic carbocycles. The maximum atomic E-state index is 12.7. The van der Waals surface area contributed by atoms with Gasteiger partial charge in [-0.05, 0) is 48.6 Å². The Morgan fingerprint density at radius 1 is 1.21 bits per heavy atom. The minimum atomic E-state index is -1.09. The fourth-order valence-corrected chi connectivity index (χ4v) is 3.40.